The predicted octanol–water partition coefficient (Wildman–Crippen LogP) is 0.447. The molecular formula is C18H24ClFN8O. The Kier molecular flexibility index (Phi) is 5.66. The molecule has 2 atom stereocenters. The Hall–Kier alpha value is -2.30. The van der Waals surface area contributed by atoms with Gasteiger partial charge in [-0.15, -0.1) is 12.4 Å². The number of nitrogen functional groups attached to an aromatic ring is 1. The first-order valence-corrected chi connectivity index (χ1v) is 9.63. The molecule has 3 N–H and O–H groups in total. The van der Waals surface area contributed by atoms with Gasteiger partial charge in [0.25, 0.3) is 0 Å². The van der Waals surface area contributed by atoms with Crippen LogP contribution in [-0.4, -0.2) is 78.1 Å². The van der Waals surface area contributed by atoms with Gasteiger partial charge >= 0.3 is 0 Å². The van der Waals surface area contributed by atoms with Gasteiger partial charge in [-0.25, -0.2) is 19.3 Å². The Labute approximate surface area is 174 Å². The van der Waals surface area contributed by atoms with E-state index in [-0.39, 0.29) is 24.4 Å². The van der Waals surface area contributed by atoms with E-state index in [1.165, 1.54) is 0 Å². The number of fused-ring (bicyclic) bond motifs is 1. The molecule has 0 radical (unpaired) electrons. The summed E-state index contributed by atoms with van der Waals surface area (Å²) in [6.45, 7) is 4.48. The number of alkyl halides is 1. The Morgan fingerprint density at radius 2 is 1.86 bits per heavy atom. The number of ether oxygens (including phenoxy) is 1. The molecule has 0 amide bonds. The molecule has 0 aromatic carbocycles. The molecule has 3 aliphatic heterocycles. The number of nitrogens with one attached hydrogen (secondary N) is 1. The van der Waals surface area contributed by atoms with Crippen LogP contribution in [0.15, 0.2) is 12.4 Å². The number of morpholine rings is 1. The monoisotopic (exact) mass is 422 g/mol. The van der Waals surface area contributed by atoms with Crippen LogP contribution in [0.5, 0.6) is 0 Å². The number of aromatic nitrogens is 4. The highest BCUT2D eigenvalue weighted by Gasteiger charge is 2.38. The molecule has 2 fully saturated rings. The van der Waals surface area contributed by atoms with E-state index in [1.807, 2.05) is 0 Å². The second-order valence-corrected chi connectivity index (χ2v) is 7.29. The van der Waals surface area contributed by atoms with Crippen LogP contribution in [0.4, 0.5) is 22.1 Å². The molecule has 29 heavy (non-hydrogen) atoms. The van der Waals surface area contributed by atoms with Gasteiger partial charge in [0.1, 0.15) is 12.0 Å². The van der Waals surface area contributed by atoms with E-state index in [0.717, 1.165) is 48.7 Å². The molecule has 9 nitrogen and oxygen atoms in total. The van der Waals surface area contributed by atoms with Crippen molar-refractivity contribution in [2.24, 2.45) is 0 Å². The molecule has 5 rings (SSSR count). The summed E-state index contributed by atoms with van der Waals surface area (Å²) >= 11 is 0. The van der Waals surface area contributed by atoms with Crippen LogP contribution in [0.25, 0.3) is 11.3 Å². The van der Waals surface area contributed by atoms with E-state index in [0.29, 0.717) is 32.3 Å². The van der Waals surface area contributed by atoms with E-state index in [9.17, 15) is 4.39 Å². The van der Waals surface area contributed by atoms with Crippen LogP contribution >= 0.6 is 12.4 Å². The minimum atomic E-state index is -0.906. The number of rotatable bonds is 3. The standard InChI is InChI=1S/C18H23FN8O.ClH/c19-13-9-21-10-14(13)27-2-1-12-15(11-7-22-17(20)23-8-11)24-18(25-16(12)27)26-3-5-28-6-4-26;/h7-8,13-14,21H,1-6,9-10H2,(H2,20,22,23);1H/t13-,14-;/m0./s1. The van der Waals surface area contributed by atoms with E-state index in [2.05, 4.69) is 25.1 Å². The predicted molar refractivity (Wildman–Crippen MR) is 110 cm³/mol. The van der Waals surface area contributed by atoms with Gasteiger partial charge in [0.05, 0.1) is 24.9 Å². The maximum absolute atomic E-state index is 14.4. The topological polar surface area (TPSA) is 105 Å². The third kappa shape index (κ3) is 3.67. The molecule has 156 valence electrons. The summed E-state index contributed by atoms with van der Waals surface area (Å²) in [5.41, 5.74) is 8.27. The number of anilines is 3. The summed E-state index contributed by atoms with van der Waals surface area (Å²) in [5, 5.41) is 3.14. The largest absolute Gasteiger partial charge is 0.378 e. The maximum atomic E-state index is 14.4. The zero-order chi connectivity index (χ0) is 19.1. The van der Waals surface area contributed by atoms with Gasteiger partial charge in [-0.1, -0.05) is 0 Å². The highest BCUT2D eigenvalue weighted by Crippen LogP contribution is 2.37. The molecule has 0 bridgehead atoms. The summed E-state index contributed by atoms with van der Waals surface area (Å²) in [6.07, 6.45) is 3.23. The first kappa shape index (κ1) is 20.0. The average molecular weight is 423 g/mol. The fourth-order valence-corrected chi connectivity index (χ4v) is 4.13. The molecule has 2 saturated heterocycles. The second-order valence-electron chi connectivity index (χ2n) is 7.29. The molecule has 0 unspecified atom stereocenters. The number of halogens is 2. The van der Waals surface area contributed by atoms with Crippen LogP contribution in [0.3, 0.4) is 0 Å². The van der Waals surface area contributed by atoms with Crippen LogP contribution in [0, 0.1) is 0 Å². The lowest BCUT2D eigenvalue weighted by atomic mass is 10.1. The Bertz CT molecular complexity index is 864. The van der Waals surface area contributed by atoms with E-state index in [4.69, 9.17) is 20.4 Å². The van der Waals surface area contributed by atoms with Gasteiger partial charge in [-0.2, -0.15) is 4.98 Å². The molecule has 2 aromatic heterocycles. The zero-order valence-corrected chi connectivity index (χ0v) is 16.7. The first-order valence-electron chi connectivity index (χ1n) is 9.63. The molecule has 11 heteroatoms. The summed E-state index contributed by atoms with van der Waals surface area (Å²) < 4.78 is 19.9. The molecule has 2 aromatic rings. The van der Waals surface area contributed by atoms with Gasteiger partial charge in [0, 0.05) is 56.2 Å². The minimum absolute atomic E-state index is 0. The van der Waals surface area contributed by atoms with Crippen LogP contribution in [-0.2, 0) is 11.2 Å². The number of hydrogen-bond acceptors (Lipinski definition) is 9. The van der Waals surface area contributed by atoms with Gasteiger partial charge in [0.2, 0.25) is 11.9 Å². The highest BCUT2D eigenvalue weighted by molar-refractivity contribution is 5.85. The van der Waals surface area contributed by atoms with Crippen LogP contribution < -0.4 is 20.9 Å². The summed E-state index contributed by atoms with van der Waals surface area (Å²) in [5.74, 6) is 1.68. The van der Waals surface area contributed by atoms with Gasteiger partial charge < -0.3 is 25.6 Å². The molecule has 5 heterocycles. The van der Waals surface area contributed by atoms with Crippen molar-refractivity contribution >= 4 is 30.1 Å². The van der Waals surface area contributed by atoms with Crippen LogP contribution in [0.1, 0.15) is 5.56 Å². The molecule has 0 saturated carbocycles. The van der Waals surface area contributed by atoms with E-state index in [1.54, 1.807) is 12.4 Å². The fraction of sp³-hybridized carbons (Fsp3) is 0.556. The first-order chi connectivity index (χ1) is 13.7. The van der Waals surface area contributed by atoms with Crippen molar-refractivity contribution in [1.29, 1.82) is 0 Å². The quantitative estimate of drug-likeness (QED) is 0.729. The Morgan fingerprint density at radius 3 is 2.55 bits per heavy atom. The van der Waals surface area contributed by atoms with Crippen molar-refractivity contribution in [3.05, 3.63) is 18.0 Å². The number of nitrogens with zero attached hydrogens (tertiary/aromatic N) is 6. The van der Waals surface area contributed by atoms with Crippen LogP contribution in [0.2, 0.25) is 0 Å². The van der Waals surface area contributed by atoms with Gasteiger partial charge in [-0.05, 0) is 6.42 Å². The summed E-state index contributed by atoms with van der Waals surface area (Å²) in [7, 11) is 0. The van der Waals surface area contributed by atoms with Crippen molar-refractivity contribution in [2.75, 3.05) is 61.5 Å². The normalized spacial score (nSPS) is 23.8. The van der Waals surface area contributed by atoms with Gasteiger partial charge in [-0.3, -0.25) is 0 Å². The molecular weight excluding hydrogens is 399 g/mol. The third-order valence-electron chi connectivity index (χ3n) is 5.60. The smallest absolute Gasteiger partial charge is 0.228 e. The van der Waals surface area contributed by atoms with Gasteiger partial charge in [0.15, 0.2) is 0 Å². The van der Waals surface area contributed by atoms with Crippen molar-refractivity contribution in [2.45, 2.75) is 18.6 Å². The van der Waals surface area contributed by atoms with Crippen molar-refractivity contribution < 1.29 is 9.13 Å². The summed E-state index contributed by atoms with van der Waals surface area (Å²) in [6, 6.07) is -0.204. The zero-order valence-electron chi connectivity index (χ0n) is 15.9. The Morgan fingerprint density at radius 1 is 1.10 bits per heavy atom. The summed E-state index contributed by atoms with van der Waals surface area (Å²) in [4.78, 5) is 22.2. The number of hydrogen-bond donors (Lipinski definition) is 2. The SMILES string of the molecule is Cl.Nc1ncc(-c2nc(N3CCOCC3)nc3c2CCN3[C@H]2CNC[C@@H]2F)cn1. The fourth-order valence-electron chi connectivity index (χ4n) is 4.13. The lowest BCUT2D eigenvalue weighted by molar-refractivity contribution is 0.122. The van der Waals surface area contributed by atoms with E-state index < -0.39 is 6.17 Å². The molecule has 3 aliphatic rings. The molecule has 0 spiro atoms. The Balaban J connectivity index is 0.00000205. The van der Waals surface area contributed by atoms with E-state index >= 15 is 0 Å². The number of nitrogens with two attached hydrogens (primary N) is 1. The maximum Gasteiger partial charge on any atom is 0.228 e. The third-order valence-corrected chi connectivity index (χ3v) is 5.60. The molecule has 0 aliphatic carbocycles. The van der Waals surface area contributed by atoms with Crippen molar-refractivity contribution in [3.8, 4) is 11.3 Å². The van der Waals surface area contributed by atoms with Crippen molar-refractivity contribution in [3.63, 3.8) is 0 Å². The highest BCUT2D eigenvalue weighted by atomic mass is 35.5. The average Bonchev–Trinajstić information content (AvgIpc) is 3.34. The lowest BCUT2D eigenvalue weighted by Gasteiger charge is -2.30. The van der Waals surface area contributed by atoms with Crippen molar-refractivity contribution in [1.82, 2.24) is 25.3 Å². The lowest BCUT2D eigenvalue weighted by Crippen LogP contribution is -2.42. The minimum Gasteiger partial charge on any atom is -0.378 e. The second kappa shape index (κ2) is 8.21.